The molecule has 6 nitrogen and oxygen atoms in total. The summed E-state index contributed by atoms with van der Waals surface area (Å²) in [6, 6.07) is 14.8. The van der Waals surface area contributed by atoms with Crippen LogP contribution in [0.15, 0.2) is 73.1 Å². The van der Waals surface area contributed by atoms with Crippen molar-refractivity contribution in [1.29, 1.82) is 0 Å². The Kier molecular flexibility index (Phi) is 8.46. The molecule has 2 aromatic carbocycles. The lowest BCUT2D eigenvalue weighted by Crippen LogP contribution is -2.42. The minimum atomic E-state index is -4.42. The van der Waals surface area contributed by atoms with Crippen LogP contribution in [0.25, 0.3) is 0 Å². The number of aromatic nitrogens is 1. The summed E-state index contributed by atoms with van der Waals surface area (Å²) < 4.78 is 38.6. The fourth-order valence-electron chi connectivity index (χ4n) is 3.33. The molecule has 0 radical (unpaired) electrons. The Bertz CT molecular complexity index is 1120. The molecule has 9 heteroatoms. The van der Waals surface area contributed by atoms with Gasteiger partial charge in [-0.05, 0) is 60.9 Å². The van der Waals surface area contributed by atoms with Crippen molar-refractivity contribution >= 4 is 17.6 Å². The molecule has 0 saturated carbocycles. The van der Waals surface area contributed by atoms with Crippen LogP contribution >= 0.6 is 0 Å². The van der Waals surface area contributed by atoms with Gasteiger partial charge in [0.2, 0.25) is 5.91 Å². The number of nitrogens with one attached hydrogen (secondary N) is 2. The van der Waals surface area contributed by atoms with Crippen molar-refractivity contribution < 1.29 is 22.8 Å². The third kappa shape index (κ3) is 7.84. The zero-order chi connectivity index (χ0) is 25.4. The third-order valence-electron chi connectivity index (χ3n) is 5.10. The van der Waals surface area contributed by atoms with E-state index in [1.54, 1.807) is 42.7 Å². The maximum Gasteiger partial charge on any atom is 0.416 e. The van der Waals surface area contributed by atoms with Gasteiger partial charge in [0.15, 0.2) is 0 Å². The zero-order valence-electron chi connectivity index (χ0n) is 19.5. The fourth-order valence-corrected chi connectivity index (χ4v) is 3.33. The van der Waals surface area contributed by atoms with Crippen LogP contribution < -0.4 is 15.5 Å². The molecule has 0 aliphatic carbocycles. The van der Waals surface area contributed by atoms with Crippen LogP contribution in [0.5, 0.6) is 0 Å². The maximum atomic E-state index is 12.9. The van der Waals surface area contributed by atoms with Gasteiger partial charge in [-0.2, -0.15) is 13.2 Å². The number of anilines is 1. The number of carbonyl (C=O) groups excluding carboxylic acids is 2. The van der Waals surface area contributed by atoms with Gasteiger partial charge < -0.3 is 10.6 Å². The zero-order valence-corrected chi connectivity index (χ0v) is 19.5. The number of pyridine rings is 1. The van der Waals surface area contributed by atoms with Gasteiger partial charge in [0.1, 0.15) is 0 Å². The Morgan fingerprint density at radius 3 is 2.17 bits per heavy atom. The van der Waals surface area contributed by atoms with Gasteiger partial charge in [0.25, 0.3) is 0 Å². The van der Waals surface area contributed by atoms with Crippen molar-refractivity contribution in [3.8, 4) is 0 Å². The molecule has 0 atom stereocenters. The first-order valence-electron chi connectivity index (χ1n) is 11.1. The summed E-state index contributed by atoms with van der Waals surface area (Å²) in [7, 11) is 0. The summed E-state index contributed by atoms with van der Waals surface area (Å²) in [6.07, 6.45) is -0.914. The predicted molar refractivity (Wildman–Crippen MR) is 128 cm³/mol. The van der Waals surface area contributed by atoms with Gasteiger partial charge in [-0.3, -0.25) is 14.7 Å². The van der Waals surface area contributed by atoms with Crippen molar-refractivity contribution in [3.63, 3.8) is 0 Å². The SMILES string of the molecule is CC(C)NC(=O)N(Cc1ccc(C(F)(F)F)cc1)c1ccc(CC(=O)NCc2cccnc2)cc1. The molecule has 1 heterocycles. The highest BCUT2D eigenvalue weighted by Crippen LogP contribution is 2.29. The van der Waals surface area contributed by atoms with E-state index in [1.807, 2.05) is 19.9 Å². The number of hydrogen-bond donors (Lipinski definition) is 2. The van der Waals surface area contributed by atoms with Crippen LogP contribution in [0.3, 0.4) is 0 Å². The third-order valence-corrected chi connectivity index (χ3v) is 5.10. The summed E-state index contributed by atoms with van der Waals surface area (Å²) in [4.78, 5) is 30.6. The summed E-state index contributed by atoms with van der Waals surface area (Å²) in [5.41, 5.74) is 2.02. The molecule has 0 bridgehead atoms. The van der Waals surface area contributed by atoms with E-state index in [0.717, 1.165) is 23.3 Å². The van der Waals surface area contributed by atoms with Gasteiger partial charge in [0, 0.05) is 30.7 Å². The Hall–Kier alpha value is -3.88. The number of benzene rings is 2. The Balaban J connectivity index is 1.69. The predicted octanol–water partition coefficient (Wildman–Crippen LogP) is 5.08. The second-order valence-electron chi connectivity index (χ2n) is 8.37. The summed E-state index contributed by atoms with van der Waals surface area (Å²) in [6.45, 7) is 4.10. The normalized spacial score (nSPS) is 11.3. The second kappa shape index (κ2) is 11.5. The van der Waals surface area contributed by atoms with Crippen LogP contribution in [0.1, 0.15) is 36.1 Å². The minimum absolute atomic E-state index is 0.0850. The van der Waals surface area contributed by atoms with Gasteiger partial charge in [-0.15, -0.1) is 0 Å². The quantitative estimate of drug-likeness (QED) is 0.468. The van der Waals surface area contributed by atoms with Gasteiger partial charge >= 0.3 is 12.2 Å². The fraction of sp³-hybridized carbons (Fsp3) is 0.269. The Morgan fingerprint density at radius 1 is 0.943 bits per heavy atom. The molecule has 0 fully saturated rings. The molecule has 3 rings (SSSR count). The lowest BCUT2D eigenvalue weighted by atomic mass is 10.1. The highest BCUT2D eigenvalue weighted by Gasteiger charge is 2.30. The van der Waals surface area contributed by atoms with Crippen molar-refractivity contribution in [2.45, 2.75) is 45.6 Å². The Morgan fingerprint density at radius 2 is 1.60 bits per heavy atom. The molecular weight excluding hydrogens is 457 g/mol. The Labute approximate surface area is 202 Å². The van der Waals surface area contributed by atoms with Crippen molar-refractivity contribution in [2.24, 2.45) is 0 Å². The van der Waals surface area contributed by atoms with Gasteiger partial charge in [-0.25, -0.2) is 4.79 Å². The number of carbonyl (C=O) groups is 2. The number of amides is 3. The van der Waals surface area contributed by atoms with Crippen LogP contribution in [0, 0.1) is 0 Å². The van der Waals surface area contributed by atoms with E-state index < -0.39 is 11.7 Å². The van der Waals surface area contributed by atoms with Gasteiger partial charge in [-0.1, -0.05) is 30.3 Å². The number of hydrogen-bond acceptors (Lipinski definition) is 3. The first-order chi connectivity index (χ1) is 16.6. The first-order valence-corrected chi connectivity index (χ1v) is 11.1. The average molecular weight is 485 g/mol. The molecule has 0 spiro atoms. The molecule has 0 unspecified atom stereocenters. The number of alkyl halides is 3. The number of nitrogens with zero attached hydrogens (tertiary/aromatic N) is 2. The van der Waals surface area contributed by atoms with Crippen LogP contribution in [0.4, 0.5) is 23.7 Å². The monoisotopic (exact) mass is 484 g/mol. The van der Waals surface area contributed by atoms with Crippen molar-refractivity contribution in [2.75, 3.05) is 4.90 Å². The topological polar surface area (TPSA) is 74.3 Å². The standard InChI is InChI=1S/C26H27F3N4O2/c1-18(2)32-25(35)33(17-20-5-9-22(10-6-20)26(27,28)29)23-11-7-19(8-12-23)14-24(34)31-16-21-4-3-13-30-15-21/h3-13,15,18H,14,16-17H2,1-2H3,(H,31,34)(H,32,35). The highest BCUT2D eigenvalue weighted by atomic mass is 19.4. The van der Waals surface area contributed by atoms with E-state index >= 15 is 0 Å². The van der Waals surface area contributed by atoms with E-state index in [2.05, 4.69) is 15.6 Å². The van der Waals surface area contributed by atoms with Crippen LogP contribution in [-0.2, 0) is 30.5 Å². The molecule has 3 amide bonds. The van der Waals surface area contributed by atoms with E-state index in [-0.39, 0.29) is 30.9 Å². The molecule has 0 aliphatic rings. The molecule has 3 aromatic rings. The molecule has 0 saturated heterocycles. The smallest absolute Gasteiger partial charge is 0.352 e. The van der Waals surface area contributed by atoms with E-state index in [4.69, 9.17) is 0 Å². The number of rotatable bonds is 8. The van der Waals surface area contributed by atoms with E-state index in [9.17, 15) is 22.8 Å². The molecule has 35 heavy (non-hydrogen) atoms. The summed E-state index contributed by atoms with van der Waals surface area (Å²) >= 11 is 0. The van der Waals surface area contributed by atoms with Crippen LogP contribution in [-0.4, -0.2) is 23.0 Å². The molecule has 1 aromatic heterocycles. The first kappa shape index (κ1) is 25.7. The minimum Gasteiger partial charge on any atom is -0.352 e. The molecular formula is C26H27F3N4O2. The molecule has 0 aliphatic heterocycles. The molecule has 2 N–H and O–H groups in total. The second-order valence-corrected chi connectivity index (χ2v) is 8.37. The van der Waals surface area contributed by atoms with Gasteiger partial charge in [0.05, 0.1) is 18.5 Å². The lowest BCUT2D eigenvalue weighted by molar-refractivity contribution is -0.137. The molecule has 184 valence electrons. The largest absolute Gasteiger partial charge is 0.416 e. The summed E-state index contributed by atoms with van der Waals surface area (Å²) in [5, 5.41) is 5.65. The maximum absolute atomic E-state index is 12.9. The van der Waals surface area contributed by atoms with Crippen molar-refractivity contribution in [3.05, 3.63) is 95.3 Å². The average Bonchev–Trinajstić information content (AvgIpc) is 2.82. The number of halogens is 3. The van der Waals surface area contributed by atoms with Crippen LogP contribution in [0.2, 0.25) is 0 Å². The van der Waals surface area contributed by atoms with E-state index in [0.29, 0.717) is 17.8 Å². The number of urea groups is 1. The lowest BCUT2D eigenvalue weighted by Gasteiger charge is -2.25. The van der Waals surface area contributed by atoms with Crippen molar-refractivity contribution in [1.82, 2.24) is 15.6 Å². The summed E-state index contributed by atoms with van der Waals surface area (Å²) in [5.74, 6) is -0.152. The van der Waals surface area contributed by atoms with E-state index in [1.165, 1.54) is 17.0 Å². The highest BCUT2D eigenvalue weighted by molar-refractivity contribution is 5.92.